The first-order valence-electron chi connectivity index (χ1n) is 9.20. The minimum Gasteiger partial charge on any atom is -0.370 e. The van der Waals surface area contributed by atoms with Crippen LogP contribution in [0.15, 0.2) is 42.6 Å². The number of H-pyrrole nitrogens is 1. The summed E-state index contributed by atoms with van der Waals surface area (Å²) in [6, 6.07) is 8.93. The summed E-state index contributed by atoms with van der Waals surface area (Å²) in [6.45, 7) is 1.80. The van der Waals surface area contributed by atoms with Crippen LogP contribution in [0.4, 0.5) is 20.2 Å². The predicted molar refractivity (Wildman–Crippen MR) is 103 cm³/mol. The highest BCUT2D eigenvalue weighted by Crippen LogP contribution is 2.30. The summed E-state index contributed by atoms with van der Waals surface area (Å²) in [5.41, 5.74) is 2.80. The quantitative estimate of drug-likeness (QED) is 0.705. The number of nitrogens with one attached hydrogen (secondary N) is 2. The number of benzene rings is 2. The molecular weight excluding hydrogens is 348 g/mol. The largest absolute Gasteiger partial charge is 0.370 e. The van der Waals surface area contributed by atoms with Crippen LogP contribution in [0.2, 0.25) is 0 Å². The van der Waals surface area contributed by atoms with Gasteiger partial charge < -0.3 is 15.2 Å². The average Bonchev–Trinajstić information content (AvgIpc) is 3.04. The Morgan fingerprint density at radius 1 is 1.04 bits per heavy atom. The standard InChI is InChI=1S/C21H21F2N3O/c22-15-4-6-18-17(11-15)14(13-24-18)10-21(27)25-19-12-16(23)5-7-20(19)26-8-2-1-3-9-26/h4-7,11-13,24H,1-3,8-10H2,(H,25,27). The molecule has 2 aromatic carbocycles. The predicted octanol–water partition coefficient (Wildman–Crippen LogP) is 4.62. The molecule has 27 heavy (non-hydrogen) atoms. The Balaban J connectivity index is 1.55. The second-order valence-electron chi connectivity index (χ2n) is 6.94. The van der Waals surface area contributed by atoms with Crippen molar-refractivity contribution in [2.75, 3.05) is 23.3 Å². The Kier molecular flexibility index (Phi) is 4.79. The van der Waals surface area contributed by atoms with Gasteiger partial charge in [-0.05, 0) is 61.2 Å². The van der Waals surface area contributed by atoms with E-state index in [-0.39, 0.29) is 24.0 Å². The fourth-order valence-corrected chi connectivity index (χ4v) is 3.68. The van der Waals surface area contributed by atoms with Crippen molar-refractivity contribution >= 4 is 28.2 Å². The first-order chi connectivity index (χ1) is 13.1. The van der Waals surface area contributed by atoms with E-state index in [1.807, 2.05) is 0 Å². The Morgan fingerprint density at radius 3 is 2.59 bits per heavy atom. The monoisotopic (exact) mass is 369 g/mol. The van der Waals surface area contributed by atoms with Gasteiger partial charge in [0.15, 0.2) is 0 Å². The molecule has 0 bridgehead atoms. The molecule has 2 N–H and O–H groups in total. The topological polar surface area (TPSA) is 48.1 Å². The third-order valence-electron chi connectivity index (χ3n) is 5.01. The van der Waals surface area contributed by atoms with E-state index in [1.165, 1.54) is 30.7 Å². The fraction of sp³-hybridized carbons (Fsp3) is 0.286. The number of hydrogen-bond donors (Lipinski definition) is 2. The van der Waals surface area contributed by atoms with Crippen molar-refractivity contribution in [3.63, 3.8) is 0 Å². The number of nitrogens with zero attached hydrogens (tertiary/aromatic N) is 1. The number of rotatable bonds is 4. The van der Waals surface area contributed by atoms with Crippen LogP contribution in [0, 0.1) is 11.6 Å². The van der Waals surface area contributed by atoms with Crippen LogP contribution in [-0.4, -0.2) is 24.0 Å². The molecule has 1 saturated heterocycles. The molecule has 1 aromatic heterocycles. The molecule has 0 aliphatic carbocycles. The molecule has 1 fully saturated rings. The van der Waals surface area contributed by atoms with Gasteiger partial charge in [0.25, 0.3) is 0 Å². The molecule has 1 aliphatic heterocycles. The molecule has 0 atom stereocenters. The van der Waals surface area contributed by atoms with Gasteiger partial charge in [0, 0.05) is 30.2 Å². The SMILES string of the molecule is O=C(Cc1c[nH]c2ccc(F)cc12)Nc1cc(F)ccc1N1CCCCC1. The maximum absolute atomic E-state index is 13.8. The summed E-state index contributed by atoms with van der Waals surface area (Å²) >= 11 is 0. The highest BCUT2D eigenvalue weighted by molar-refractivity contribution is 5.98. The maximum atomic E-state index is 13.8. The van der Waals surface area contributed by atoms with E-state index in [4.69, 9.17) is 0 Å². The number of hydrogen-bond acceptors (Lipinski definition) is 2. The lowest BCUT2D eigenvalue weighted by molar-refractivity contribution is -0.115. The van der Waals surface area contributed by atoms with Crippen LogP contribution >= 0.6 is 0 Å². The average molecular weight is 369 g/mol. The van der Waals surface area contributed by atoms with E-state index in [9.17, 15) is 13.6 Å². The number of anilines is 2. The summed E-state index contributed by atoms with van der Waals surface area (Å²) in [5.74, 6) is -0.995. The van der Waals surface area contributed by atoms with Crippen LogP contribution in [-0.2, 0) is 11.2 Å². The van der Waals surface area contributed by atoms with Crippen LogP contribution in [0.3, 0.4) is 0 Å². The molecule has 140 valence electrons. The van der Waals surface area contributed by atoms with Gasteiger partial charge in [-0.1, -0.05) is 0 Å². The molecular formula is C21H21F2N3O. The molecule has 1 amide bonds. The van der Waals surface area contributed by atoms with Gasteiger partial charge in [0.2, 0.25) is 5.91 Å². The van der Waals surface area contributed by atoms with Crippen LogP contribution in [0.25, 0.3) is 10.9 Å². The lowest BCUT2D eigenvalue weighted by Gasteiger charge is -2.30. The molecule has 0 radical (unpaired) electrons. The minimum atomic E-state index is -0.389. The van der Waals surface area contributed by atoms with Gasteiger partial charge >= 0.3 is 0 Å². The third-order valence-corrected chi connectivity index (χ3v) is 5.01. The van der Waals surface area contributed by atoms with Gasteiger partial charge in [-0.3, -0.25) is 4.79 Å². The van der Waals surface area contributed by atoms with Crippen LogP contribution in [0.5, 0.6) is 0 Å². The highest BCUT2D eigenvalue weighted by Gasteiger charge is 2.17. The summed E-state index contributed by atoms with van der Waals surface area (Å²) in [4.78, 5) is 17.8. The first kappa shape index (κ1) is 17.5. The van der Waals surface area contributed by atoms with Crippen molar-refractivity contribution < 1.29 is 13.6 Å². The molecule has 2 heterocycles. The Hall–Kier alpha value is -2.89. The maximum Gasteiger partial charge on any atom is 0.228 e. The second kappa shape index (κ2) is 7.39. The number of carbonyl (C=O) groups excluding carboxylic acids is 1. The van der Waals surface area contributed by atoms with Crippen LogP contribution < -0.4 is 10.2 Å². The number of aromatic nitrogens is 1. The van der Waals surface area contributed by atoms with Gasteiger partial charge in [0.1, 0.15) is 11.6 Å². The molecule has 3 aromatic rings. The molecule has 0 unspecified atom stereocenters. The summed E-state index contributed by atoms with van der Waals surface area (Å²) in [7, 11) is 0. The zero-order valence-electron chi connectivity index (χ0n) is 14.9. The normalized spacial score (nSPS) is 14.5. The molecule has 4 rings (SSSR count). The third kappa shape index (κ3) is 3.79. The van der Waals surface area contributed by atoms with E-state index >= 15 is 0 Å². The summed E-state index contributed by atoms with van der Waals surface area (Å²) in [6.07, 6.45) is 5.16. The van der Waals surface area contributed by atoms with E-state index in [2.05, 4.69) is 15.2 Å². The molecule has 0 saturated carbocycles. The zero-order valence-corrected chi connectivity index (χ0v) is 14.9. The van der Waals surface area contributed by atoms with E-state index < -0.39 is 0 Å². The number of carbonyl (C=O) groups is 1. The number of piperidine rings is 1. The minimum absolute atomic E-state index is 0.0827. The van der Waals surface area contributed by atoms with Gasteiger partial charge in [-0.25, -0.2) is 8.78 Å². The van der Waals surface area contributed by atoms with Gasteiger partial charge in [-0.2, -0.15) is 0 Å². The smallest absolute Gasteiger partial charge is 0.228 e. The molecule has 4 nitrogen and oxygen atoms in total. The van der Waals surface area contributed by atoms with Gasteiger partial charge in [0.05, 0.1) is 17.8 Å². The Bertz CT molecular complexity index is 977. The van der Waals surface area contributed by atoms with Gasteiger partial charge in [-0.15, -0.1) is 0 Å². The fourth-order valence-electron chi connectivity index (χ4n) is 3.68. The van der Waals surface area contributed by atoms with Crippen LogP contribution in [0.1, 0.15) is 24.8 Å². The lowest BCUT2D eigenvalue weighted by Crippen LogP contribution is -2.30. The second-order valence-corrected chi connectivity index (χ2v) is 6.94. The van der Waals surface area contributed by atoms with Crippen molar-refractivity contribution in [2.45, 2.75) is 25.7 Å². The number of amides is 1. The van der Waals surface area contributed by atoms with Crippen molar-refractivity contribution in [2.24, 2.45) is 0 Å². The van der Waals surface area contributed by atoms with Crippen molar-refractivity contribution in [3.8, 4) is 0 Å². The number of halogens is 2. The highest BCUT2D eigenvalue weighted by atomic mass is 19.1. The van der Waals surface area contributed by atoms with Crippen molar-refractivity contribution in [1.82, 2.24) is 4.98 Å². The lowest BCUT2D eigenvalue weighted by atomic mass is 10.1. The van der Waals surface area contributed by atoms with E-state index in [0.717, 1.165) is 37.1 Å². The molecule has 0 spiro atoms. The number of aromatic amines is 1. The number of fused-ring (bicyclic) bond motifs is 1. The Labute approximate surface area is 156 Å². The molecule has 6 heteroatoms. The Morgan fingerprint density at radius 2 is 1.78 bits per heavy atom. The summed E-state index contributed by atoms with van der Waals surface area (Å²) < 4.78 is 27.3. The summed E-state index contributed by atoms with van der Waals surface area (Å²) in [5, 5.41) is 3.52. The van der Waals surface area contributed by atoms with E-state index in [1.54, 1.807) is 18.3 Å². The van der Waals surface area contributed by atoms with E-state index in [0.29, 0.717) is 16.6 Å². The first-order valence-corrected chi connectivity index (χ1v) is 9.20. The van der Waals surface area contributed by atoms with Crippen molar-refractivity contribution in [3.05, 3.63) is 59.8 Å². The zero-order chi connectivity index (χ0) is 18.8. The van der Waals surface area contributed by atoms with Crippen molar-refractivity contribution in [1.29, 1.82) is 0 Å². The molecule has 1 aliphatic rings.